The number of carbonyl (C=O) groups is 2. The highest BCUT2D eigenvalue weighted by Crippen LogP contribution is 2.39. The van der Waals surface area contributed by atoms with Gasteiger partial charge < -0.3 is 14.4 Å². The molecule has 4 aromatic rings. The quantitative estimate of drug-likeness (QED) is 0.342. The number of nitrogens with zero attached hydrogens (tertiary/aromatic N) is 3. The number of methoxy groups -OCH3 is 1. The number of pyridine rings is 1. The van der Waals surface area contributed by atoms with Gasteiger partial charge in [-0.25, -0.2) is 9.78 Å². The van der Waals surface area contributed by atoms with Crippen molar-refractivity contribution < 1.29 is 19.1 Å². The molecule has 35 heavy (non-hydrogen) atoms. The van der Waals surface area contributed by atoms with Crippen LogP contribution in [0.1, 0.15) is 29.3 Å². The van der Waals surface area contributed by atoms with Crippen LogP contribution in [0.2, 0.25) is 0 Å². The molecule has 0 saturated heterocycles. The SMILES string of the molecule is CCC1Oc2ccc(-c3csc(-c4ccccn4)n3)cc2N(Cc2cccc(C(=O)OC)c2)C1=O. The Morgan fingerprint density at radius 1 is 1.11 bits per heavy atom. The topological polar surface area (TPSA) is 81.6 Å². The van der Waals surface area contributed by atoms with Crippen molar-refractivity contribution in [3.8, 4) is 27.7 Å². The maximum absolute atomic E-state index is 13.3. The summed E-state index contributed by atoms with van der Waals surface area (Å²) in [6.07, 6.45) is 1.74. The van der Waals surface area contributed by atoms with Gasteiger partial charge in [-0.2, -0.15) is 0 Å². The molecule has 0 bridgehead atoms. The summed E-state index contributed by atoms with van der Waals surface area (Å²) in [5, 5.41) is 2.81. The number of amides is 1. The first-order chi connectivity index (χ1) is 17.1. The Balaban J connectivity index is 1.51. The van der Waals surface area contributed by atoms with Crippen LogP contribution >= 0.6 is 11.3 Å². The fourth-order valence-electron chi connectivity index (χ4n) is 4.01. The molecule has 1 aliphatic rings. The first kappa shape index (κ1) is 22.7. The van der Waals surface area contributed by atoms with E-state index in [1.807, 2.05) is 54.8 Å². The van der Waals surface area contributed by atoms with Crippen LogP contribution in [0.4, 0.5) is 5.69 Å². The fraction of sp³-hybridized carbons (Fsp3) is 0.185. The minimum atomic E-state index is -0.563. The summed E-state index contributed by atoms with van der Waals surface area (Å²) >= 11 is 1.52. The third-order valence-electron chi connectivity index (χ3n) is 5.80. The van der Waals surface area contributed by atoms with Gasteiger partial charge in [0.25, 0.3) is 5.91 Å². The smallest absolute Gasteiger partial charge is 0.337 e. The predicted molar refractivity (Wildman–Crippen MR) is 134 cm³/mol. The molecular formula is C27H23N3O4S. The Morgan fingerprint density at radius 3 is 2.77 bits per heavy atom. The lowest BCUT2D eigenvalue weighted by Gasteiger charge is -2.34. The Morgan fingerprint density at radius 2 is 2.00 bits per heavy atom. The number of hydrogen-bond acceptors (Lipinski definition) is 7. The number of fused-ring (bicyclic) bond motifs is 1. The molecular weight excluding hydrogens is 462 g/mol. The number of aromatic nitrogens is 2. The van der Waals surface area contributed by atoms with Gasteiger partial charge in [0.2, 0.25) is 0 Å². The van der Waals surface area contributed by atoms with Crippen LogP contribution < -0.4 is 9.64 Å². The first-order valence-electron chi connectivity index (χ1n) is 11.2. The summed E-state index contributed by atoms with van der Waals surface area (Å²) in [4.78, 5) is 36.2. The van der Waals surface area contributed by atoms with Gasteiger partial charge in [0.05, 0.1) is 36.3 Å². The Hall–Kier alpha value is -4.04. The van der Waals surface area contributed by atoms with Gasteiger partial charge >= 0.3 is 5.97 Å². The second-order valence-corrected chi connectivity index (χ2v) is 8.92. The van der Waals surface area contributed by atoms with Crippen molar-refractivity contribution in [2.75, 3.05) is 12.0 Å². The van der Waals surface area contributed by atoms with Crippen LogP contribution in [0, 0.1) is 0 Å². The van der Waals surface area contributed by atoms with Crippen LogP contribution in [0.5, 0.6) is 5.75 Å². The van der Waals surface area contributed by atoms with E-state index in [2.05, 4.69) is 4.98 Å². The predicted octanol–water partition coefficient (Wildman–Crippen LogP) is 5.36. The number of anilines is 1. The van der Waals surface area contributed by atoms with Crippen molar-refractivity contribution in [2.45, 2.75) is 26.0 Å². The van der Waals surface area contributed by atoms with E-state index in [4.69, 9.17) is 14.5 Å². The number of carbonyl (C=O) groups excluding carboxylic acids is 2. The van der Waals surface area contributed by atoms with E-state index in [1.54, 1.807) is 29.3 Å². The highest BCUT2D eigenvalue weighted by atomic mass is 32.1. The normalized spacial score (nSPS) is 14.9. The standard InChI is InChI=1S/C27H23N3O4S/c1-3-23-26(31)30(15-17-7-6-8-19(13-17)27(32)33-2)22-14-18(10-11-24(22)34-23)21-16-35-25(29-21)20-9-4-5-12-28-20/h4-14,16,23H,3,15H2,1-2H3. The molecule has 2 aromatic heterocycles. The summed E-state index contributed by atoms with van der Waals surface area (Å²) in [5.74, 6) is 0.110. The zero-order valence-corrected chi connectivity index (χ0v) is 20.1. The highest BCUT2D eigenvalue weighted by molar-refractivity contribution is 7.13. The zero-order valence-electron chi connectivity index (χ0n) is 19.3. The minimum Gasteiger partial charge on any atom is -0.478 e. The molecule has 176 valence electrons. The second-order valence-electron chi connectivity index (χ2n) is 8.07. The van der Waals surface area contributed by atoms with E-state index in [0.29, 0.717) is 30.0 Å². The molecule has 1 unspecified atom stereocenters. The second kappa shape index (κ2) is 9.68. The molecule has 7 nitrogen and oxygen atoms in total. The molecule has 0 N–H and O–H groups in total. The summed E-state index contributed by atoms with van der Waals surface area (Å²) in [7, 11) is 1.35. The van der Waals surface area contributed by atoms with Gasteiger partial charge in [-0.15, -0.1) is 11.3 Å². The maximum atomic E-state index is 13.3. The molecule has 5 rings (SSSR count). The van der Waals surface area contributed by atoms with Gasteiger partial charge in [0.1, 0.15) is 10.8 Å². The number of benzene rings is 2. The van der Waals surface area contributed by atoms with Crippen molar-refractivity contribution >= 4 is 28.9 Å². The number of rotatable bonds is 6. The number of hydrogen-bond donors (Lipinski definition) is 0. The van der Waals surface area contributed by atoms with Crippen LogP contribution in [-0.2, 0) is 16.1 Å². The monoisotopic (exact) mass is 485 g/mol. The lowest BCUT2D eigenvalue weighted by molar-refractivity contribution is -0.126. The summed E-state index contributed by atoms with van der Waals surface area (Å²) in [6.45, 7) is 2.22. The fourth-order valence-corrected chi connectivity index (χ4v) is 4.82. The summed E-state index contributed by atoms with van der Waals surface area (Å²) in [5.41, 5.74) is 4.43. The first-order valence-corrected chi connectivity index (χ1v) is 12.1. The molecule has 1 atom stereocenters. The van der Waals surface area contributed by atoms with E-state index in [-0.39, 0.29) is 5.91 Å². The maximum Gasteiger partial charge on any atom is 0.337 e. The van der Waals surface area contributed by atoms with Gasteiger partial charge in [-0.05, 0) is 54.4 Å². The van der Waals surface area contributed by atoms with Gasteiger partial charge in [0, 0.05) is 17.1 Å². The average molecular weight is 486 g/mol. The third-order valence-corrected chi connectivity index (χ3v) is 6.67. The van der Waals surface area contributed by atoms with Crippen LogP contribution in [0.25, 0.3) is 22.0 Å². The molecule has 0 fully saturated rings. The molecule has 0 aliphatic carbocycles. The van der Waals surface area contributed by atoms with E-state index >= 15 is 0 Å². The minimum absolute atomic E-state index is 0.118. The van der Waals surface area contributed by atoms with E-state index < -0.39 is 12.1 Å². The zero-order chi connectivity index (χ0) is 24.4. The lowest BCUT2D eigenvalue weighted by atomic mass is 10.0. The Bertz CT molecular complexity index is 1390. The highest BCUT2D eigenvalue weighted by Gasteiger charge is 2.33. The van der Waals surface area contributed by atoms with Crippen molar-refractivity contribution in [3.63, 3.8) is 0 Å². The van der Waals surface area contributed by atoms with Crippen molar-refractivity contribution in [1.29, 1.82) is 0 Å². The van der Waals surface area contributed by atoms with Crippen LogP contribution in [-0.4, -0.2) is 35.1 Å². The molecule has 2 aromatic carbocycles. The molecule has 8 heteroatoms. The van der Waals surface area contributed by atoms with Crippen LogP contribution in [0.15, 0.2) is 72.2 Å². The van der Waals surface area contributed by atoms with Crippen molar-refractivity contribution in [1.82, 2.24) is 9.97 Å². The Kier molecular flexibility index (Phi) is 6.29. The molecule has 1 aliphatic heterocycles. The van der Waals surface area contributed by atoms with Gasteiger partial charge in [0.15, 0.2) is 6.10 Å². The molecule has 0 saturated carbocycles. The van der Waals surface area contributed by atoms with Gasteiger partial charge in [-0.3, -0.25) is 9.78 Å². The largest absolute Gasteiger partial charge is 0.478 e. The molecule has 0 radical (unpaired) electrons. The molecule has 1 amide bonds. The average Bonchev–Trinajstić information content (AvgIpc) is 3.40. The number of thiazole rings is 1. The Labute approximate surface area is 207 Å². The van der Waals surface area contributed by atoms with E-state index in [0.717, 1.165) is 27.5 Å². The van der Waals surface area contributed by atoms with E-state index in [1.165, 1.54) is 18.4 Å². The van der Waals surface area contributed by atoms with Gasteiger partial charge in [-0.1, -0.05) is 25.1 Å². The number of ether oxygens (including phenoxy) is 2. The van der Waals surface area contributed by atoms with Crippen LogP contribution in [0.3, 0.4) is 0 Å². The van der Waals surface area contributed by atoms with Crippen molar-refractivity contribution in [2.24, 2.45) is 0 Å². The number of esters is 1. The molecule has 0 spiro atoms. The summed E-state index contributed by atoms with van der Waals surface area (Å²) in [6, 6.07) is 18.6. The summed E-state index contributed by atoms with van der Waals surface area (Å²) < 4.78 is 10.9. The molecule has 3 heterocycles. The third kappa shape index (κ3) is 4.52. The lowest BCUT2D eigenvalue weighted by Crippen LogP contribution is -2.45. The van der Waals surface area contributed by atoms with Crippen molar-refractivity contribution in [3.05, 3.63) is 83.4 Å². The van der Waals surface area contributed by atoms with E-state index in [9.17, 15) is 9.59 Å².